The fourth-order valence-electron chi connectivity index (χ4n) is 3.51. The Labute approximate surface area is 199 Å². The van der Waals surface area contributed by atoms with Crippen LogP contribution in [0.15, 0.2) is 24.3 Å². The molecule has 1 rings (SSSR count). The largest absolute Gasteiger partial charge is 0.462 e. The average Bonchev–Trinajstić information content (AvgIpc) is 2.79. The van der Waals surface area contributed by atoms with Crippen molar-refractivity contribution in [2.45, 2.75) is 96.1 Å². The van der Waals surface area contributed by atoms with Crippen LogP contribution in [0.4, 0.5) is 0 Å². The van der Waals surface area contributed by atoms with Gasteiger partial charge in [0.2, 0.25) is 0 Å². The fraction of sp³-hybridized carbons (Fsp3) is 0.680. The van der Waals surface area contributed by atoms with E-state index in [2.05, 4.69) is 6.92 Å². The maximum atomic E-state index is 12.4. The van der Waals surface area contributed by atoms with Crippen LogP contribution in [0.2, 0.25) is 0 Å². The molecule has 0 radical (unpaired) electrons. The second-order valence-corrected chi connectivity index (χ2v) is 10.1. The van der Waals surface area contributed by atoms with Gasteiger partial charge in [-0.2, -0.15) is 8.42 Å². The van der Waals surface area contributed by atoms with Crippen LogP contribution in [0, 0.1) is 0 Å². The van der Waals surface area contributed by atoms with Crippen LogP contribution in [0.5, 0.6) is 0 Å². The molecule has 0 aromatic heterocycles. The molecule has 0 saturated carbocycles. The molecule has 0 bridgehead atoms. The molecule has 1 aromatic rings. The molecular formula is C25H40O7S. The van der Waals surface area contributed by atoms with E-state index in [0.29, 0.717) is 0 Å². The Morgan fingerprint density at radius 3 is 1.70 bits per heavy atom. The van der Waals surface area contributed by atoms with Crippen LogP contribution in [-0.2, 0) is 19.6 Å². The summed E-state index contributed by atoms with van der Waals surface area (Å²) in [6.07, 6.45) is 13.3. The van der Waals surface area contributed by atoms with E-state index in [9.17, 15) is 18.0 Å². The number of esters is 2. The average molecular weight is 485 g/mol. The highest BCUT2D eigenvalue weighted by atomic mass is 32.2. The van der Waals surface area contributed by atoms with Gasteiger partial charge in [-0.25, -0.2) is 9.59 Å². The van der Waals surface area contributed by atoms with Gasteiger partial charge < -0.3 is 9.47 Å². The molecule has 0 aliphatic heterocycles. The Morgan fingerprint density at radius 1 is 0.788 bits per heavy atom. The number of ether oxygens (including phenoxy) is 2. The molecule has 0 heterocycles. The van der Waals surface area contributed by atoms with Gasteiger partial charge in [0.05, 0.1) is 17.7 Å². The molecule has 1 N–H and O–H groups in total. The highest BCUT2D eigenvalue weighted by Gasteiger charge is 2.25. The van der Waals surface area contributed by atoms with E-state index in [4.69, 9.17) is 14.0 Å². The van der Waals surface area contributed by atoms with Crippen molar-refractivity contribution < 1.29 is 32.0 Å². The molecule has 0 saturated heterocycles. The lowest BCUT2D eigenvalue weighted by molar-refractivity contribution is 0.0452. The molecule has 33 heavy (non-hydrogen) atoms. The molecule has 1 aromatic carbocycles. The highest BCUT2D eigenvalue weighted by Crippen LogP contribution is 2.15. The summed E-state index contributed by atoms with van der Waals surface area (Å²) >= 11 is 0. The summed E-state index contributed by atoms with van der Waals surface area (Å²) in [5, 5.41) is -1.21. The SMILES string of the molecule is CCCCCCCCCCCCCOC(=O)c1ccccc1C(=O)OCC(CC)S(=O)(=O)O. The van der Waals surface area contributed by atoms with Gasteiger partial charge in [0.25, 0.3) is 10.1 Å². The zero-order chi connectivity index (χ0) is 24.5. The summed E-state index contributed by atoms with van der Waals surface area (Å²) in [7, 11) is -4.32. The fourth-order valence-corrected chi connectivity index (χ4v) is 4.17. The minimum absolute atomic E-state index is 0.00614. The predicted octanol–water partition coefficient (Wildman–Crippen LogP) is 5.98. The van der Waals surface area contributed by atoms with E-state index >= 15 is 0 Å². The van der Waals surface area contributed by atoms with Gasteiger partial charge in [-0.3, -0.25) is 4.55 Å². The maximum absolute atomic E-state index is 12.4. The first-order chi connectivity index (χ1) is 15.8. The van der Waals surface area contributed by atoms with Gasteiger partial charge >= 0.3 is 11.9 Å². The molecule has 1 atom stereocenters. The van der Waals surface area contributed by atoms with Gasteiger partial charge in [0.1, 0.15) is 11.9 Å². The quantitative estimate of drug-likeness (QED) is 0.155. The van der Waals surface area contributed by atoms with E-state index in [1.54, 1.807) is 19.1 Å². The Morgan fingerprint density at radius 2 is 1.24 bits per heavy atom. The lowest BCUT2D eigenvalue weighted by atomic mass is 10.1. The lowest BCUT2D eigenvalue weighted by Gasteiger charge is -2.13. The minimum Gasteiger partial charge on any atom is -0.462 e. The number of rotatable bonds is 18. The van der Waals surface area contributed by atoms with E-state index in [-0.39, 0.29) is 24.2 Å². The van der Waals surface area contributed by atoms with Gasteiger partial charge in [-0.05, 0) is 25.0 Å². The summed E-state index contributed by atoms with van der Waals surface area (Å²) in [5.41, 5.74) is 0.0807. The molecule has 8 heteroatoms. The van der Waals surface area contributed by atoms with Crippen LogP contribution in [0.3, 0.4) is 0 Å². The standard InChI is InChI=1S/C25H40O7S/c1-3-5-6-7-8-9-10-11-12-13-16-19-31-24(26)22-17-14-15-18-23(22)25(27)32-20-21(4-2)33(28,29)30/h14-15,17-18,21H,3-13,16,19-20H2,1-2H3,(H,28,29,30). The summed E-state index contributed by atoms with van der Waals surface area (Å²) in [6.45, 7) is 3.57. The number of hydrogen-bond donors (Lipinski definition) is 1. The van der Waals surface area contributed by atoms with Crippen LogP contribution in [0.1, 0.15) is 112 Å². The van der Waals surface area contributed by atoms with Gasteiger partial charge in [-0.1, -0.05) is 90.2 Å². The Bertz CT molecular complexity index is 805. The molecule has 7 nitrogen and oxygen atoms in total. The molecule has 1 unspecified atom stereocenters. The smallest absolute Gasteiger partial charge is 0.339 e. The third-order valence-corrected chi connectivity index (χ3v) is 6.94. The molecule has 0 spiro atoms. The minimum atomic E-state index is -4.32. The van der Waals surface area contributed by atoms with Crippen molar-refractivity contribution in [3.63, 3.8) is 0 Å². The van der Waals surface area contributed by atoms with Crippen molar-refractivity contribution in [2.24, 2.45) is 0 Å². The Hall–Kier alpha value is -1.93. The van der Waals surface area contributed by atoms with E-state index in [1.165, 1.54) is 63.5 Å². The summed E-state index contributed by atoms with van der Waals surface area (Å²) in [6, 6.07) is 6.09. The summed E-state index contributed by atoms with van der Waals surface area (Å²) < 4.78 is 42.0. The number of carbonyl (C=O) groups is 2. The van der Waals surface area contributed by atoms with Crippen LogP contribution in [-0.4, -0.2) is 43.4 Å². The number of carbonyl (C=O) groups excluding carboxylic acids is 2. The number of hydrogen-bond acceptors (Lipinski definition) is 6. The molecule has 188 valence electrons. The molecular weight excluding hydrogens is 444 g/mol. The summed E-state index contributed by atoms with van der Waals surface area (Å²) in [4.78, 5) is 24.8. The van der Waals surface area contributed by atoms with Crippen LogP contribution in [0.25, 0.3) is 0 Å². The van der Waals surface area contributed by atoms with Gasteiger partial charge in [0, 0.05) is 0 Å². The zero-order valence-corrected chi connectivity index (χ0v) is 20.9. The first-order valence-electron chi connectivity index (χ1n) is 12.2. The molecule has 0 aliphatic rings. The monoisotopic (exact) mass is 484 g/mol. The Balaban J connectivity index is 2.34. The van der Waals surface area contributed by atoms with Crippen LogP contribution >= 0.6 is 0 Å². The first kappa shape index (κ1) is 29.1. The Kier molecular flexibility index (Phi) is 14.7. The van der Waals surface area contributed by atoms with Gasteiger partial charge in [0.15, 0.2) is 0 Å². The van der Waals surface area contributed by atoms with Crippen molar-refractivity contribution in [1.29, 1.82) is 0 Å². The molecule has 0 amide bonds. The lowest BCUT2D eigenvalue weighted by Crippen LogP contribution is -2.27. The predicted molar refractivity (Wildman–Crippen MR) is 129 cm³/mol. The van der Waals surface area contributed by atoms with Crippen molar-refractivity contribution in [1.82, 2.24) is 0 Å². The number of unbranched alkanes of at least 4 members (excludes halogenated alkanes) is 10. The normalized spacial score (nSPS) is 12.3. The number of benzene rings is 1. The van der Waals surface area contributed by atoms with E-state index < -0.39 is 33.9 Å². The van der Waals surface area contributed by atoms with Crippen molar-refractivity contribution in [3.8, 4) is 0 Å². The van der Waals surface area contributed by atoms with E-state index in [1.807, 2.05) is 0 Å². The second-order valence-electron chi connectivity index (χ2n) is 8.36. The van der Waals surface area contributed by atoms with Gasteiger partial charge in [-0.15, -0.1) is 0 Å². The van der Waals surface area contributed by atoms with Crippen molar-refractivity contribution in [2.75, 3.05) is 13.2 Å². The second kappa shape index (κ2) is 16.6. The topological polar surface area (TPSA) is 107 Å². The third-order valence-electron chi connectivity index (χ3n) is 5.62. The van der Waals surface area contributed by atoms with Crippen LogP contribution < -0.4 is 0 Å². The molecule has 0 aliphatic carbocycles. The maximum Gasteiger partial charge on any atom is 0.339 e. The zero-order valence-electron chi connectivity index (χ0n) is 20.1. The third kappa shape index (κ3) is 12.2. The summed E-state index contributed by atoms with van der Waals surface area (Å²) in [5.74, 6) is -1.45. The van der Waals surface area contributed by atoms with Crippen molar-refractivity contribution in [3.05, 3.63) is 35.4 Å². The van der Waals surface area contributed by atoms with E-state index in [0.717, 1.165) is 19.3 Å². The van der Waals surface area contributed by atoms with Crippen molar-refractivity contribution >= 4 is 22.1 Å². The first-order valence-corrected chi connectivity index (χ1v) is 13.7. The highest BCUT2D eigenvalue weighted by molar-refractivity contribution is 7.86. The molecule has 0 fully saturated rings.